The smallest absolute Gasteiger partial charge is 0.139 e. The lowest BCUT2D eigenvalue weighted by Gasteiger charge is -2.16. The van der Waals surface area contributed by atoms with Gasteiger partial charge in [-0.1, -0.05) is 17.7 Å². The molecule has 1 atom stereocenters. The number of imidazole rings is 1. The van der Waals surface area contributed by atoms with Crippen molar-refractivity contribution in [3.05, 3.63) is 53.1 Å². The van der Waals surface area contributed by atoms with Crippen LogP contribution in [0, 0.1) is 0 Å². The zero-order chi connectivity index (χ0) is 19.3. The number of benzene rings is 2. The summed E-state index contributed by atoms with van der Waals surface area (Å²) in [5, 5.41) is 4.88. The van der Waals surface area contributed by atoms with E-state index >= 15 is 0 Å². The van der Waals surface area contributed by atoms with Crippen molar-refractivity contribution in [1.29, 1.82) is 0 Å². The van der Waals surface area contributed by atoms with Gasteiger partial charge < -0.3 is 15.0 Å². The Labute approximate surface area is 167 Å². The van der Waals surface area contributed by atoms with E-state index in [0.29, 0.717) is 16.7 Å². The molecule has 6 nitrogen and oxygen atoms in total. The van der Waals surface area contributed by atoms with Gasteiger partial charge in [0.25, 0.3) is 0 Å². The molecular formula is C21H20ClN5O. The van der Waals surface area contributed by atoms with Crippen LogP contribution in [0.15, 0.2) is 36.7 Å². The first kappa shape index (κ1) is 17.3. The average molecular weight is 394 g/mol. The van der Waals surface area contributed by atoms with Crippen molar-refractivity contribution in [2.75, 3.05) is 12.4 Å². The molecule has 2 N–H and O–H groups in total. The van der Waals surface area contributed by atoms with Crippen LogP contribution in [0.25, 0.3) is 21.9 Å². The molecule has 2 aromatic carbocycles. The standard InChI is InChI=1S/C21H20ClN5O/c1-11(13-5-6-16-18(7-13)27-20(26-16)12-3-4-12)25-21-14-8-15(22)19(28-2)9-17(14)23-10-24-21/h5-12H,3-4H2,1-2H3,(H,26,27)(H,23,24,25). The largest absolute Gasteiger partial charge is 0.495 e. The lowest BCUT2D eigenvalue weighted by Crippen LogP contribution is -2.08. The minimum absolute atomic E-state index is 0.0519. The minimum atomic E-state index is 0.0519. The number of hydrogen-bond acceptors (Lipinski definition) is 5. The molecule has 4 aromatic rings. The van der Waals surface area contributed by atoms with E-state index in [0.717, 1.165) is 39.1 Å². The molecule has 2 aromatic heterocycles. The van der Waals surface area contributed by atoms with Gasteiger partial charge in [-0.3, -0.25) is 0 Å². The highest BCUT2D eigenvalue weighted by Crippen LogP contribution is 2.39. The molecule has 28 heavy (non-hydrogen) atoms. The van der Waals surface area contributed by atoms with Gasteiger partial charge in [-0.2, -0.15) is 0 Å². The van der Waals surface area contributed by atoms with E-state index in [2.05, 4.69) is 45.4 Å². The van der Waals surface area contributed by atoms with Gasteiger partial charge in [0, 0.05) is 17.4 Å². The van der Waals surface area contributed by atoms with E-state index in [4.69, 9.17) is 21.3 Å². The number of ether oxygens (including phenoxy) is 1. The lowest BCUT2D eigenvalue weighted by molar-refractivity contribution is 0.415. The van der Waals surface area contributed by atoms with E-state index in [9.17, 15) is 0 Å². The Bertz CT molecular complexity index is 1180. The first-order valence-corrected chi connectivity index (χ1v) is 9.74. The van der Waals surface area contributed by atoms with Gasteiger partial charge in [0.1, 0.15) is 23.7 Å². The van der Waals surface area contributed by atoms with E-state index < -0.39 is 0 Å². The van der Waals surface area contributed by atoms with E-state index in [1.165, 1.54) is 12.8 Å². The molecule has 0 saturated heterocycles. The maximum Gasteiger partial charge on any atom is 0.139 e. The number of halogens is 1. The molecule has 1 fully saturated rings. The quantitative estimate of drug-likeness (QED) is 0.486. The monoisotopic (exact) mass is 393 g/mol. The Morgan fingerprint density at radius 3 is 2.82 bits per heavy atom. The van der Waals surface area contributed by atoms with Crippen molar-refractivity contribution >= 4 is 39.4 Å². The zero-order valence-electron chi connectivity index (χ0n) is 15.7. The topological polar surface area (TPSA) is 75.7 Å². The summed E-state index contributed by atoms with van der Waals surface area (Å²) in [5.74, 6) is 3.06. The fraction of sp³-hybridized carbons (Fsp3) is 0.286. The van der Waals surface area contributed by atoms with Gasteiger partial charge in [0.15, 0.2) is 0 Å². The van der Waals surface area contributed by atoms with E-state index in [1.54, 1.807) is 13.4 Å². The molecule has 0 aliphatic heterocycles. The molecule has 142 valence electrons. The molecule has 0 amide bonds. The normalized spacial score (nSPS) is 15.1. The second-order valence-corrected chi connectivity index (χ2v) is 7.67. The maximum absolute atomic E-state index is 6.31. The first-order chi connectivity index (χ1) is 13.6. The number of aromatic nitrogens is 4. The highest BCUT2D eigenvalue weighted by atomic mass is 35.5. The minimum Gasteiger partial charge on any atom is -0.495 e. The molecule has 0 radical (unpaired) electrons. The second-order valence-electron chi connectivity index (χ2n) is 7.27. The third kappa shape index (κ3) is 3.03. The van der Waals surface area contributed by atoms with Crippen LogP contribution in [0.3, 0.4) is 0 Å². The predicted octanol–water partition coefficient (Wildman–Crippen LogP) is 5.22. The average Bonchev–Trinajstić information content (AvgIpc) is 3.46. The SMILES string of the molecule is COc1cc2ncnc(NC(C)c3ccc4nc(C5CC5)[nH]c4c3)c2cc1Cl. The van der Waals surface area contributed by atoms with Crippen molar-refractivity contribution in [2.24, 2.45) is 0 Å². The fourth-order valence-corrected chi connectivity index (χ4v) is 3.72. The molecule has 7 heteroatoms. The van der Waals surface area contributed by atoms with Gasteiger partial charge >= 0.3 is 0 Å². The van der Waals surface area contributed by atoms with Crippen LogP contribution >= 0.6 is 11.6 Å². The van der Waals surface area contributed by atoms with E-state index in [-0.39, 0.29) is 6.04 Å². The summed E-state index contributed by atoms with van der Waals surface area (Å²) in [6.45, 7) is 2.11. The highest BCUT2D eigenvalue weighted by molar-refractivity contribution is 6.33. The van der Waals surface area contributed by atoms with Crippen LogP contribution in [0.2, 0.25) is 5.02 Å². The number of methoxy groups -OCH3 is 1. The van der Waals surface area contributed by atoms with Crippen LogP contribution in [0.4, 0.5) is 5.82 Å². The lowest BCUT2D eigenvalue weighted by atomic mass is 10.1. The number of anilines is 1. The molecule has 0 bridgehead atoms. The number of H-pyrrole nitrogens is 1. The van der Waals surface area contributed by atoms with Gasteiger partial charge in [-0.05, 0) is 43.5 Å². The van der Waals surface area contributed by atoms with E-state index in [1.807, 2.05) is 12.1 Å². The third-order valence-electron chi connectivity index (χ3n) is 5.25. The van der Waals surface area contributed by atoms with Crippen LogP contribution in [-0.4, -0.2) is 27.0 Å². The van der Waals surface area contributed by atoms with Crippen LogP contribution < -0.4 is 10.1 Å². The first-order valence-electron chi connectivity index (χ1n) is 9.36. The van der Waals surface area contributed by atoms with Gasteiger partial charge in [0.05, 0.1) is 34.7 Å². The summed E-state index contributed by atoms with van der Waals surface area (Å²) < 4.78 is 5.29. The second kappa shape index (κ2) is 6.63. The third-order valence-corrected chi connectivity index (χ3v) is 5.55. The number of fused-ring (bicyclic) bond motifs is 2. The molecule has 0 spiro atoms. The Morgan fingerprint density at radius 1 is 1.18 bits per heavy atom. The Kier molecular flexibility index (Phi) is 4.09. The predicted molar refractivity (Wildman–Crippen MR) is 111 cm³/mol. The Morgan fingerprint density at radius 2 is 2.04 bits per heavy atom. The summed E-state index contributed by atoms with van der Waals surface area (Å²) in [7, 11) is 1.59. The Hall–Kier alpha value is -2.86. The Balaban J connectivity index is 1.47. The van der Waals surface area contributed by atoms with Crippen molar-refractivity contribution < 1.29 is 4.74 Å². The number of nitrogens with one attached hydrogen (secondary N) is 2. The van der Waals surface area contributed by atoms with Gasteiger partial charge in [-0.15, -0.1) is 0 Å². The number of rotatable bonds is 5. The summed E-state index contributed by atoms with van der Waals surface area (Å²) in [4.78, 5) is 16.9. The van der Waals surface area contributed by atoms with Crippen LogP contribution in [0.5, 0.6) is 5.75 Å². The summed E-state index contributed by atoms with van der Waals surface area (Å²) in [6.07, 6.45) is 4.02. The molecule has 1 aliphatic rings. The zero-order valence-corrected chi connectivity index (χ0v) is 16.4. The van der Waals surface area contributed by atoms with Gasteiger partial charge in [0.2, 0.25) is 0 Å². The fourth-order valence-electron chi connectivity index (χ4n) is 3.48. The van der Waals surface area contributed by atoms with Crippen LogP contribution in [-0.2, 0) is 0 Å². The van der Waals surface area contributed by atoms with Gasteiger partial charge in [-0.25, -0.2) is 15.0 Å². The van der Waals surface area contributed by atoms with Crippen molar-refractivity contribution in [2.45, 2.75) is 31.7 Å². The number of nitrogens with zero attached hydrogens (tertiary/aromatic N) is 3. The summed E-state index contributed by atoms with van der Waals surface area (Å²) in [5.41, 5.74) is 4.03. The summed E-state index contributed by atoms with van der Waals surface area (Å²) >= 11 is 6.31. The molecular weight excluding hydrogens is 374 g/mol. The molecule has 2 heterocycles. The molecule has 1 unspecified atom stereocenters. The summed E-state index contributed by atoms with van der Waals surface area (Å²) in [6, 6.07) is 10.1. The highest BCUT2D eigenvalue weighted by Gasteiger charge is 2.26. The van der Waals surface area contributed by atoms with Crippen LogP contribution in [0.1, 0.15) is 43.1 Å². The number of aromatic amines is 1. The molecule has 1 saturated carbocycles. The van der Waals surface area contributed by atoms with Crippen molar-refractivity contribution in [3.63, 3.8) is 0 Å². The van der Waals surface area contributed by atoms with Crippen molar-refractivity contribution in [3.8, 4) is 5.75 Å². The molecule has 5 rings (SSSR count). The maximum atomic E-state index is 6.31. The molecule has 1 aliphatic carbocycles. The van der Waals surface area contributed by atoms with Crippen molar-refractivity contribution in [1.82, 2.24) is 19.9 Å². The number of hydrogen-bond donors (Lipinski definition) is 2.